The number of nitrogens with zero attached hydrogens (tertiary/aromatic N) is 2. The second-order valence-corrected chi connectivity index (χ2v) is 7.31. The molecule has 156 valence electrons. The number of aryl methyl sites for hydroxylation is 1. The molecule has 1 amide bonds. The molecule has 6 nitrogen and oxygen atoms in total. The molecule has 0 bridgehead atoms. The lowest BCUT2D eigenvalue weighted by Crippen LogP contribution is -2.12. The third-order valence-electron chi connectivity index (χ3n) is 4.83. The van der Waals surface area contributed by atoms with Crippen molar-refractivity contribution in [2.24, 2.45) is 0 Å². The lowest BCUT2D eigenvalue weighted by Gasteiger charge is -2.07. The van der Waals surface area contributed by atoms with Crippen molar-refractivity contribution in [1.29, 1.82) is 0 Å². The summed E-state index contributed by atoms with van der Waals surface area (Å²) in [4.78, 5) is 16.7. The maximum absolute atomic E-state index is 12.6. The van der Waals surface area contributed by atoms with E-state index in [0.29, 0.717) is 35.0 Å². The van der Waals surface area contributed by atoms with Crippen molar-refractivity contribution in [1.82, 2.24) is 10.1 Å². The summed E-state index contributed by atoms with van der Waals surface area (Å²) in [6.45, 7) is 0. The van der Waals surface area contributed by atoms with Gasteiger partial charge in [0.05, 0.1) is 12.7 Å². The molecule has 0 atom stereocenters. The molecule has 4 aromatic rings. The summed E-state index contributed by atoms with van der Waals surface area (Å²) >= 11 is 5.92. The molecule has 0 fully saturated rings. The van der Waals surface area contributed by atoms with Crippen LogP contribution >= 0.6 is 11.6 Å². The van der Waals surface area contributed by atoms with Gasteiger partial charge in [-0.25, -0.2) is 0 Å². The molecule has 2 heterocycles. The maximum atomic E-state index is 12.6. The largest absolute Gasteiger partial charge is 0.497 e. The van der Waals surface area contributed by atoms with Gasteiger partial charge in [-0.05, 0) is 66.1 Å². The van der Waals surface area contributed by atoms with Crippen molar-refractivity contribution < 1.29 is 14.1 Å². The number of pyridine rings is 1. The highest BCUT2D eigenvalue weighted by atomic mass is 35.5. The highest BCUT2D eigenvalue weighted by molar-refractivity contribution is 6.30. The summed E-state index contributed by atoms with van der Waals surface area (Å²) in [6, 6.07) is 18.6. The normalized spacial score (nSPS) is 10.6. The molecule has 0 spiro atoms. The van der Waals surface area contributed by atoms with Gasteiger partial charge in [-0.15, -0.1) is 0 Å². The number of halogens is 1. The Morgan fingerprint density at radius 2 is 1.71 bits per heavy atom. The van der Waals surface area contributed by atoms with Gasteiger partial charge in [0.25, 0.3) is 0 Å². The third kappa shape index (κ3) is 4.92. The van der Waals surface area contributed by atoms with E-state index < -0.39 is 0 Å². The third-order valence-corrected chi connectivity index (χ3v) is 5.08. The number of nitrogens with one attached hydrogen (secondary N) is 1. The van der Waals surface area contributed by atoms with E-state index in [-0.39, 0.29) is 5.91 Å². The van der Waals surface area contributed by atoms with Crippen molar-refractivity contribution in [2.45, 2.75) is 12.8 Å². The Bertz CT molecular complexity index is 1160. The summed E-state index contributed by atoms with van der Waals surface area (Å²) in [5, 5.41) is 7.77. The Morgan fingerprint density at radius 3 is 2.39 bits per heavy atom. The zero-order valence-corrected chi connectivity index (χ0v) is 17.6. The Labute approximate surface area is 184 Å². The number of rotatable bonds is 7. The van der Waals surface area contributed by atoms with Crippen LogP contribution < -0.4 is 10.1 Å². The Balaban J connectivity index is 1.58. The van der Waals surface area contributed by atoms with Crippen molar-refractivity contribution in [3.8, 4) is 28.1 Å². The predicted octanol–water partition coefficient (Wildman–Crippen LogP) is 5.64. The number of methoxy groups -OCH3 is 1. The van der Waals surface area contributed by atoms with Gasteiger partial charge in [0, 0.05) is 29.4 Å². The van der Waals surface area contributed by atoms with Crippen molar-refractivity contribution in [3.05, 3.63) is 83.6 Å². The highest BCUT2D eigenvalue weighted by Crippen LogP contribution is 2.38. The SMILES string of the molecule is COc1ccc(-c2noc(NC(=O)CCc3ccc(Cl)cc3)c2-c2ccncc2)cc1. The van der Waals surface area contributed by atoms with Gasteiger partial charge >= 0.3 is 0 Å². The first-order valence-corrected chi connectivity index (χ1v) is 10.1. The van der Waals surface area contributed by atoms with E-state index in [1.807, 2.05) is 60.7 Å². The Kier molecular flexibility index (Phi) is 6.29. The molecule has 0 saturated carbocycles. The summed E-state index contributed by atoms with van der Waals surface area (Å²) < 4.78 is 10.8. The molecule has 0 radical (unpaired) electrons. The van der Waals surface area contributed by atoms with Crippen LogP contribution in [-0.4, -0.2) is 23.2 Å². The van der Waals surface area contributed by atoms with Gasteiger partial charge in [-0.3, -0.25) is 15.1 Å². The zero-order valence-electron chi connectivity index (χ0n) is 16.8. The number of carbonyl (C=O) groups is 1. The standard InChI is InChI=1S/C24H20ClN3O3/c1-30-20-9-5-18(6-10-20)23-22(17-12-14-26-15-13-17)24(31-28-23)27-21(29)11-4-16-2-7-19(25)8-3-16/h2-3,5-10,12-15H,4,11H2,1H3,(H,27,29). The second-order valence-electron chi connectivity index (χ2n) is 6.87. The van der Waals surface area contributed by atoms with Crippen LogP contribution in [0.5, 0.6) is 5.75 Å². The van der Waals surface area contributed by atoms with Crippen LogP contribution in [-0.2, 0) is 11.2 Å². The van der Waals surface area contributed by atoms with Crippen molar-refractivity contribution in [3.63, 3.8) is 0 Å². The van der Waals surface area contributed by atoms with E-state index in [1.54, 1.807) is 19.5 Å². The minimum Gasteiger partial charge on any atom is -0.497 e. The quantitative estimate of drug-likeness (QED) is 0.408. The van der Waals surface area contributed by atoms with Gasteiger partial charge in [0.2, 0.25) is 11.8 Å². The van der Waals surface area contributed by atoms with Crippen LogP contribution in [0.1, 0.15) is 12.0 Å². The second kappa shape index (κ2) is 9.45. The topological polar surface area (TPSA) is 77.3 Å². The van der Waals surface area contributed by atoms with Crippen LogP contribution in [0.25, 0.3) is 22.4 Å². The molecule has 0 saturated heterocycles. The van der Waals surface area contributed by atoms with E-state index in [4.69, 9.17) is 20.9 Å². The molecule has 0 unspecified atom stereocenters. The molecule has 0 aliphatic rings. The summed E-state index contributed by atoms with van der Waals surface area (Å²) in [6.07, 6.45) is 4.27. The number of hydrogen-bond acceptors (Lipinski definition) is 5. The number of benzene rings is 2. The molecule has 2 aromatic carbocycles. The minimum atomic E-state index is -0.164. The van der Waals surface area contributed by atoms with Crippen LogP contribution in [0.3, 0.4) is 0 Å². The van der Waals surface area contributed by atoms with E-state index in [9.17, 15) is 4.79 Å². The number of hydrogen-bond donors (Lipinski definition) is 1. The van der Waals surface area contributed by atoms with Crippen LogP contribution in [0, 0.1) is 0 Å². The average molecular weight is 434 g/mol. The first kappa shape index (κ1) is 20.6. The number of aromatic nitrogens is 2. The predicted molar refractivity (Wildman–Crippen MR) is 120 cm³/mol. The summed E-state index contributed by atoms with van der Waals surface area (Å²) in [5.74, 6) is 0.884. The fraction of sp³-hybridized carbons (Fsp3) is 0.125. The first-order chi connectivity index (χ1) is 15.1. The molecule has 0 aliphatic heterocycles. The van der Waals surface area contributed by atoms with Gasteiger partial charge < -0.3 is 9.26 Å². The number of anilines is 1. The molecular formula is C24H20ClN3O3. The summed E-state index contributed by atoms with van der Waals surface area (Å²) in [7, 11) is 1.62. The fourth-order valence-corrected chi connectivity index (χ4v) is 3.33. The summed E-state index contributed by atoms with van der Waals surface area (Å²) in [5.41, 5.74) is 4.05. The smallest absolute Gasteiger partial charge is 0.239 e. The Hall–Kier alpha value is -3.64. The van der Waals surface area contributed by atoms with Gasteiger partial charge in [-0.1, -0.05) is 28.9 Å². The molecule has 4 rings (SSSR count). The first-order valence-electron chi connectivity index (χ1n) is 9.73. The van der Waals surface area contributed by atoms with Crippen molar-refractivity contribution in [2.75, 3.05) is 12.4 Å². The lowest BCUT2D eigenvalue weighted by molar-refractivity contribution is -0.116. The van der Waals surface area contributed by atoms with Gasteiger partial charge in [0.15, 0.2) is 0 Å². The minimum absolute atomic E-state index is 0.164. The van der Waals surface area contributed by atoms with E-state index in [1.165, 1.54) is 0 Å². The number of amides is 1. The Morgan fingerprint density at radius 1 is 1.00 bits per heavy atom. The van der Waals surface area contributed by atoms with Crippen LogP contribution in [0.2, 0.25) is 5.02 Å². The van der Waals surface area contributed by atoms with Gasteiger partial charge in [0.1, 0.15) is 11.4 Å². The highest BCUT2D eigenvalue weighted by Gasteiger charge is 2.21. The number of ether oxygens (including phenoxy) is 1. The monoisotopic (exact) mass is 433 g/mol. The fourth-order valence-electron chi connectivity index (χ4n) is 3.21. The molecular weight excluding hydrogens is 414 g/mol. The lowest BCUT2D eigenvalue weighted by atomic mass is 10.0. The zero-order chi connectivity index (χ0) is 21.6. The molecule has 31 heavy (non-hydrogen) atoms. The average Bonchev–Trinajstić information content (AvgIpc) is 3.22. The molecule has 7 heteroatoms. The molecule has 2 aromatic heterocycles. The number of carbonyl (C=O) groups excluding carboxylic acids is 1. The van der Waals surface area contributed by atoms with E-state index in [0.717, 1.165) is 22.4 Å². The van der Waals surface area contributed by atoms with E-state index >= 15 is 0 Å². The molecule has 0 aliphatic carbocycles. The van der Waals surface area contributed by atoms with Crippen LogP contribution in [0.15, 0.2) is 77.6 Å². The maximum Gasteiger partial charge on any atom is 0.239 e. The van der Waals surface area contributed by atoms with Crippen LogP contribution in [0.4, 0.5) is 5.88 Å². The van der Waals surface area contributed by atoms with Crippen molar-refractivity contribution >= 4 is 23.4 Å². The van der Waals surface area contributed by atoms with E-state index in [2.05, 4.69) is 15.5 Å². The molecule has 1 N–H and O–H groups in total. The van der Waals surface area contributed by atoms with Gasteiger partial charge in [-0.2, -0.15) is 0 Å².